The van der Waals surface area contributed by atoms with Crippen LogP contribution in [0.15, 0.2) is 237 Å². The smallest absolute Gasteiger partial charge is 0.134 e. The van der Waals surface area contributed by atoms with E-state index in [4.69, 9.17) is 14.7 Å². The summed E-state index contributed by atoms with van der Waals surface area (Å²) in [7, 11) is 0. The monoisotopic (exact) mass is 905 g/mol. The summed E-state index contributed by atoms with van der Waals surface area (Å²) >= 11 is 0. The van der Waals surface area contributed by atoms with Gasteiger partial charge in [0.15, 0.2) is 0 Å². The predicted molar refractivity (Wildman–Crippen MR) is 288 cm³/mol. The van der Waals surface area contributed by atoms with Gasteiger partial charge in [0, 0.05) is 90.1 Å². The zero-order chi connectivity index (χ0) is 46.4. The third kappa shape index (κ3) is 5.15. The summed E-state index contributed by atoms with van der Waals surface area (Å²) < 4.78 is 14.2. The molecule has 6 nitrogen and oxygen atoms in total. The lowest BCUT2D eigenvalue weighted by molar-refractivity contribution is 0.436. The predicted octanol–water partition coefficient (Wildman–Crippen LogP) is 15.9. The normalized spacial score (nSPS) is 14.6. The highest BCUT2D eigenvalue weighted by Crippen LogP contribution is 2.62. The average Bonchev–Trinajstić information content (AvgIpc) is 4.16. The Morgan fingerprint density at radius 2 is 0.803 bits per heavy atom. The number of pyridine rings is 2. The number of para-hydroxylation sites is 6. The Labute approximate surface area is 407 Å². The van der Waals surface area contributed by atoms with Gasteiger partial charge >= 0.3 is 0 Å². The maximum atomic E-state index is 7.01. The van der Waals surface area contributed by atoms with E-state index in [1.54, 1.807) is 0 Å². The lowest BCUT2D eigenvalue weighted by atomic mass is 9.66. The van der Waals surface area contributed by atoms with Crippen LogP contribution >= 0.6 is 0 Å². The Hall–Kier alpha value is -9.52. The summed E-state index contributed by atoms with van der Waals surface area (Å²) in [6, 6.07) is 81.2. The molecule has 9 aromatic carbocycles. The third-order valence-corrected chi connectivity index (χ3v) is 15.4. The first-order valence-electron chi connectivity index (χ1n) is 24.2. The number of benzene rings is 9. The fourth-order valence-electron chi connectivity index (χ4n) is 12.5. The van der Waals surface area contributed by atoms with E-state index in [1.807, 2.05) is 12.4 Å². The van der Waals surface area contributed by atoms with Crippen LogP contribution in [0.2, 0.25) is 0 Å². The molecule has 1 spiro atoms. The van der Waals surface area contributed by atoms with E-state index in [1.165, 1.54) is 43.4 Å². The Morgan fingerprint density at radius 1 is 0.310 bits per heavy atom. The second-order valence-corrected chi connectivity index (χ2v) is 18.9. The standard InChI is InChI=1S/C65H39N5O/c1-7-24-55-45(17-1)46-18-2-8-25-56(46)68(55)42-15-13-16-43(37-42)69-59-28-11-5-21-49(59)50-35-40(30-33-60(50)69)41-36-54-64(67-39-41)63-53(23-14-34-66-63)65(54)51-22-6-12-29-61(51)71-62-38-44(31-32-52(62)65)70-57-26-9-3-19-47(57)48-20-4-10-27-58(48)70/h1-39H. The number of aromatic nitrogens is 5. The van der Waals surface area contributed by atoms with Gasteiger partial charge in [-0.05, 0) is 96.1 Å². The summed E-state index contributed by atoms with van der Waals surface area (Å²) in [5.74, 6) is 1.64. The van der Waals surface area contributed by atoms with Crippen LogP contribution in [-0.2, 0) is 5.41 Å². The Morgan fingerprint density at radius 3 is 1.42 bits per heavy atom. The fourth-order valence-corrected chi connectivity index (χ4v) is 12.5. The van der Waals surface area contributed by atoms with Crippen LogP contribution in [0.1, 0.15) is 22.3 Å². The van der Waals surface area contributed by atoms with Crippen molar-refractivity contribution in [2.45, 2.75) is 5.41 Å². The second-order valence-electron chi connectivity index (χ2n) is 18.9. The first kappa shape index (κ1) is 38.4. The van der Waals surface area contributed by atoms with E-state index in [0.717, 1.165) is 95.4 Å². The molecule has 1 atom stereocenters. The van der Waals surface area contributed by atoms with Crippen molar-refractivity contribution in [3.8, 4) is 51.1 Å². The summed E-state index contributed by atoms with van der Waals surface area (Å²) in [4.78, 5) is 10.4. The van der Waals surface area contributed by atoms with Gasteiger partial charge in [0.25, 0.3) is 0 Å². The van der Waals surface area contributed by atoms with E-state index in [-0.39, 0.29) is 0 Å². The van der Waals surface area contributed by atoms with Crippen molar-refractivity contribution >= 4 is 65.4 Å². The SMILES string of the molecule is c1cc(-n2c3ccccc3c3ccccc32)cc(-n2c3ccccc3c3cc(-c4cnc5c(c4)C4(c6ccccc6Oc6cc(-n7c8ccccc8c8ccccc87)ccc64)c4cccnc4-5)ccc32)c1. The average molecular weight is 906 g/mol. The second kappa shape index (κ2) is 14.3. The minimum Gasteiger partial charge on any atom is -0.457 e. The number of rotatable bonds is 4. The van der Waals surface area contributed by atoms with Crippen LogP contribution in [0, 0.1) is 0 Å². The van der Waals surface area contributed by atoms with Gasteiger partial charge in [0.2, 0.25) is 0 Å². The number of nitrogens with zero attached hydrogens (tertiary/aromatic N) is 5. The lowest BCUT2D eigenvalue weighted by Crippen LogP contribution is -2.32. The van der Waals surface area contributed by atoms with Crippen molar-refractivity contribution in [3.63, 3.8) is 0 Å². The molecule has 330 valence electrons. The molecule has 0 radical (unpaired) electrons. The largest absolute Gasteiger partial charge is 0.457 e. The van der Waals surface area contributed by atoms with Crippen LogP contribution < -0.4 is 4.74 Å². The molecular weight excluding hydrogens is 867 g/mol. The molecule has 14 aromatic rings. The van der Waals surface area contributed by atoms with Gasteiger partial charge in [-0.25, -0.2) is 0 Å². The van der Waals surface area contributed by atoms with Gasteiger partial charge in [-0.3, -0.25) is 9.97 Å². The van der Waals surface area contributed by atoms with Crippen molar-refractivity contribution in [2.75, 3.05) is 0 Å². The van der Waals surface area contributed by atoms with E-state index < -0.39 is 5.41 Å². The van der Waals surface area contributed by atoms with Crippen LogP contribution in [-0.4, -0.2) is 23.7 Å². The molecule has 1 aliphatic carbocycles. The molecule has 0 fully saturated rings. The molecule has 0 bridgehead atoms. The fraction of sp³-hybridized carbons (Fsp3) is 0.0154. The van der Waals surface area contributed by atoms with E-state index in [9.17, 15) is 0 Å². The van der Waals surface area contributed by atoms with Crippen LogP contribution in [0.25, 0.3) is 105 Å². The quantitative estimate of drug-likeness (QED) is 0.177. The molecule has 71 heavy (non-hydrogen) atoms. The van der Waals surface area contributed by atoms with Gasteiger partial charge in [-0.1, -0.05) is 133 Å². The zero-order valence-corrected chi connectivity index (χ0v) is 38.2. The molecule has 6 heterocycles. The van der Waals surface area contributed by atoms with Gasteiger partial charge in [0.1, 0.15) is 11.5 Å². The topological polar surface area (TPSA) is 49.8 Å². The molecule has 5 aromatic heterocycles. The third-order valence-electron chi connectivity index (χ3n) is 15.4. The van der Waals surface area contributed by atoms with E-state index >= 15 is 0 Å². The minimum absolute atomic E-state index is 0.743. The Balaban J connectivity index is 0.876. The van der Waals surface area contributed by atoms with Gasteiger partial charge in [-0.2, -0.15) is 0 Å². The van der Waals surface area contributed by atoms with Crippen molar-refractivity contribution in [1.82, 2.24) is 23.7 Å². The van der Waals surface area contributed by atoms with Gasteiger partial charge in [-0.15, -0.1) is 0 Å². The molecule has 6 heteroatoms. The highest BCUT2D eigenvalue weighted by molar-refractivity contribution is 6.12. The van der Waals surface area contributed by atoms with Crippen LogP contribution in [0.4, 0.5) is 0 Å². The molecule has 0 saturated carbocycles. The number of ether oxygens (including phenoxy) is 1. The molecule has 1 unspecified atom stereocenters. The summed E-state index contributed by atoms with van der Waals surface area (Å²) in [5.41, 5.74) is 17.8. The Kier molecular flexibility index (Phi) is 7.72. The summed E-state index contributed by atoms with van der Waals surface area (Å²) in [6.07, 6.45) is 3.92. The zero-order valence-electron chi connectivity index (χ0n) is 38.2. The number of hydrogen-bond acceptors (Lipinski definition) is 3. The first-order chi connectivity index (χ1) is 35.2. The van der Waals surface area contributed by atoms with E-state index in [0.29, 0.717) is 0 Å². The summed E-state index contributed by atoms with van der Waals surface area (Å²) in [6.45, 7) is 0. The van der Waals surface area contributed by atoms with Crippen LogP contribution in [0.3, 0.4) is 0 Å². The lowest BCUT2D eigenvalue weighted by Gasteiger charge is -2.39. The van der Waals surface area contributed by atoms with Crippen molar-refractivity contribution in [2.24, 2.45) is 0 Å². The summed E-state index contributed by atoms with van der Waals surface area (Å²) in [5, 5.41) is 7.32. The molecular formula is C65H39N5O. The molecule has 2 aliphatic rings. The molecule has 1 aliphatic heterocycles. The Bertz CT molecular complexity index is 4480. The molecule has 0 N–H and O–H groups in total. The number of hydrogen-bond donors (Lipinski definition) is 0. The highest BCUT2D eigenvalue weighted by atomic mass is 16.5. The molecule has 0 amide bonds. The minimum atomic E-state index is -0.743. The van der Waals surface area contributed by atoms with E-state index in [2.05, 4.69) is 238 Å². The first-order valence-corrected chi connectivity index (χ1v) is 24.2. The van der Waals surface area contributed by atoms with Crippen molar-refractivity contribution in [3.05, 3.63) is 259 Å². The maximum Gasteiger partial charge on any atom is 0.134 e. The maximum absolute atomic E-state index is 7.01. The van der Waals surface area contributed by atoms with Crippen molar-refractivity contribution in [1.29, 1.82) is 0 Å². The van der Waals surface area contributed by atoms with Gasteiger partial charge < -0.3 is 18.4 Å². The molecule has 0 saturated heterocycles. The van der Waals surface area contributed by atoms with Crippen LogP contribution in [0.5, 0.6) is 11.5 Å². The number of fused-ring (bicyclic) bond motifs is 18. The highest BCUT2D eigenvalue weighted by Gasteiger charge is 2.52. The molecule has 16 rings (SSSR count). The van der Waals surface area contributed by atoms with Gasteiger partial charge in [0.05, 0.1) is 49.9 Å². The van der Waals surface area contributed by atoms with Crippen molar-refractivity contribution < 1.29 is 4.74 Å².